The van der Waals surface area contributed by atoms with Crippen molar-refractivity contribution >= 4 is 11.7 Å². The lowest BCUT2D eigenvalue weighted by Crippen LogP contribution is -2.47. The van der Waals surface area contributed by atoms with E-state index in [9.17, 15) is 4.79 Å². The summed E-state index contributed by atoms with van der Waals surface area (Å²) in [5.41, 5.74) is 0.976. The number of hydrogen-bond acceptors (Lipinski definition) is 4. The van der Waals surface area contributed by atoms with Crippen LogP contribution in [0.25, 0.3) is 0 Å². The number of para-hydroxylation sites is 1. The van der Waals surface area contributed by atoms with Crippen LogP contribution in [0.2, 0.25) is 0 Å². The highest BCUT2D eigenvalue weighted by Gasteiger charge is 2.16. The molecule has 110 valence electrons. The van der Waals surface area contributed by atoms with E-state index in [0.29, 0.717) is 0 Å². The molecule has 0 atom stereocenters. The second-order valence-electron chi connectivity index (χ2n) is 5.30. The highest BCUT2D eigenvalue weighted by molar-refractivity contribution is 5.73. The van der Waals surface area contributed by atoms with Gasteiger partial charge < -0.3 is 14.9 Å². The Morgan fingerprint density at radius 3 is 2.45 bits per heavy atom. The molecule has 0 unspecified atom stereocenters. The van der Waals surface area contributed by atoms with Gasteiger partial charge in [0.2, 0.25) is 0 Å². The largest absolute Gasteiger partial charge is 0.480 e. The lowest BCUT2D eigenvalue weighted by molar-refractivity contribution is -0.135. The molecule has 5 heteroatoms. The van der Waals surface area contributed by atoms with Gasteiger partial charge in [0.15, 0.2) is 0 Å². The maximum Gasteiger partial charge on any atom is 0.323 e. The molecule has 1 saturated heterocycles. The summed E-state index contributed by atoms with van der Waals surface area (Å²) in [7, 11) is 2.14. The van der Waals surface area contributed by atoms with E-state index in [-0.39, 0.29) is 6.54 Å². The number of nitrogens with zero attached hydrogens (tertiary/aromatic N) is 3. The highest BCUT2D eigenvalue weighted by atomic mass is 16.4. The van der Waals surface area contributed by atoms with Gasteiger partial charge >= 0.3 is 5.97 Å². The lowest BCUT2D eigenvalue weighted by Gasteiger charge is -2.34. The molecule has 1 aliphatic heterocycles. The first kappa shape index (κ1) is 14.8. The van der Waals surface area contributed by atoms with Crippen LogP contribution in [-0.4, -0.2) is 73.7 Å². The molecular weight excluding hydrogens is 254 g/mol. The zero-order valence-corrected chi connectivity index (χ0v) is 12.0. The maximum atomic E-state index is 11.0. The molecule has 20 heavy (non-hydrogen) atoms. The summed E-state index contributed by atoms with van der Waals surface area (Å²) in [4.78, 5) is 17.7. The van der Waals surface area contributed by atoms with E-state index in [1.807, 2.05) is 35.2 Å². The highest BCUT2D eigenvalue weighted by Crippen LogP contribution is 2.13. The van der Waals surface area contributed by atoms with Crippen molar-refractivity contribution in [1.29, 1.82) is 0 Å². The third kappa shape index (κ3) is 4.51. The number of carbonyl (C=O) groups is 1. The molecule has 0 bridgehead atoms. The summed E-state index contributed by atoms with van der Waals surface area (Å²) in [6, 6.07) is 9.77. The molecule has 5 nitrogen and oxygen atoms in total. The summed E-state index contributed by atoms with van der Waals surface area (Å²) in [6.07, 6.45) is 0. The smallest absolute Gasteiger partial charge is 0.323 e. The average molecular weight is 277 g/mol. The van der Waals surface area contributed by atoms with Crippen LogP contribution < -0.4 is 4.90 Å². The Morgan fingerprint density at radius 2 is 1.85 bits per heavy atom. The minimum absolute atomic E-state index is 0.0533. The molecule has 1 fully saturated rings. The number of aliphatic carboxylic acids is 1. The first-order chi connectivity index (χ1) is 9.65. The Balaban J connectivity index is 1.89. The molecule has 0 radical (unpaired) electrons. The van der Waals surface area contributed by atoms with Crippen molar-refractivity contribution in [3.8, 4) is 0 Å². The SMILES string of the molecule is CN1CCN(CCN(CC(=O)O)c2ccccc2)CC1. The Kier molecular flexibility index (Phi) is 5.38. The van der Waals surface area contributed by atoms with Crippen molar-refractivity contribution in [2.45, 2.75) is 0 Å². The van der Waals surface area contributed by atoms with E-state index in [4.69, 9.17) is 5.11 Å². The van der Waals surface area contributed by atoms with Crippen LogP contribution in [0.3, 0.4) is 0 Å². The van der Waals surface area contributed by atoms with Crippen molar-refractivity contribution < 1.29 is 9.90 Å². The fourth-order valence-electron chi connectivity index (χ4n) is 2.44. The van der Waals surface area contributed by atoms with Crippen LogP contribution >= 0.6 is 0 Å². The minimum Gasteiger partial charge on any atom is -0.480 e. The zero-order chi connectivity index (χ0) is 14.4. The quantitative estimate of drug-likeness (QED) is 0.834. The van der Waals surface area contributed by atoms with Gasteiger partial charge in [0.1, 0.15) is 6.54 Å². The molecule has 1 N–H and O–H groups in total. The normalized spacial score (nSPS) is 17.1. The molecule has 0 spiro atoms. The van der Waals surface area contributed by atoms with E-state index in [1.54, 1.807) is 0 Å². The Labute approximate surface area is 120 Å². The molecule has 1 aromatic carbocycles. The molecule has 1 aliphatic rings. The van der Waals surface area contributed by atoms with Gasteiger partial charge in [0.25, 0.3) is 0 Å². The van der Waals surface area contributed by atoms with Gasteiger partial charge in [-0.05, 0) is 19.2 Å². The third-order valence-electron chi connectivity index (χ3n) is 3.73. The Morgan fingerprint density at radius 1 is 1.20 bits per heavy atom. The maximum absolute atomic E-state index is 11.0. The summed E-state index contributed by atoms with van der Waals surface area (Å²) in [5.74, 6) is -0.785. The van der Waals surface area contributed by atoms with Gasteiger partial charge in [-0.2, -0.15) is 0 Å². The summed E-state index contributed by atoms with van der Waals surface area (Å²) in [6.45, 7) is 6.01. The molecule has 1 heterocycles. The van der Waals surface area contributed by atoms with Crippen LogP contribution in [0.5, 0.6) is 0 Å². The number of anilines is 1. The van der Waals surface area contributed by atoms with Crippen molar-refractivity contribution in [2.75, 3.05) is 57.8 Å². The van der Waals surface area contributed by atoms with Crippen molar-refractivity contribution in [3.63, 3.8) is 0 Å². The van der Waals surface area contributed by atoms with Crippen molar-refractivity contribution in [3.05, 3.63) is 30.3 Å². The summed E-state index contributed by atoms with van der Waals surface area (Å²) >= 11 is 0. The molecule has 2 rings (SSSR count). The fourth-order valence-corrected chi connectivity index (χ4v) is 2.44. The number of hydrogen-bond donors (Lipinski definition) is 1. The van der Waals surface area contributed by atoms with Gasteiger partial charge in [-0.25, -0.2) is 0 Å². The van der Waals surface area contributed by atoms with Gasteiger partial charge in [-0.15, -0.1) is 0 Å². The molecule has 1 aromatic rings. The molecule has 0 amide bonds. The van der Waals surface area contributed by atoms with Crippen LogP contribution in [0.4, 0.5) is 5.69 Å². The van der Waals surface area contributed by atoms with E-state index in [1.165, 1.54) is 0 Å². The lowest BCUT2D eigenvalue weighted by atomic mass is 10.2. The number of carboxylic acid groups (broad SMARTS) is 1. The van der Waals surface area contributed by atoms with E-state index >= 15 is 0 Å². The molecular formula is C15H23N3O2. The van der Waals surface area contributed by atoms with Crippen LogP contribution in [-0.2, 0) is 4.79 Å². The summed E-state index contributed by atoms with van der Waals surface area (Å²) < 4.78 is 0. The number of carboxylic acids is 1. The first-order valence-electron chi connectivity index (χ1n) is 7.08. The predicted molar refractivity (Wildman–Crippen MR) is 80.2 cm³/mol. The van der Waals surface area contributed by atoms with Crippen molar-refractivity contribution in [2.24, 2.45) is 0 Å². The van der Waals surface area contributed by atoms with Gasteiger partial charge in [0, 0.05) is 45.0 Å². The predicted octanol–water partition coefficient (Wildman–Crippen LogP) is 0.825. The fraction of sp³-hybridized carbons (Fsp3) is 0.533. The van der Waals surface area contributed by atoms with Gasteiger partial charge in [-0.1, -0.05) is 18.2 Å². The summed E-state index contributed by atoms with van der Waals surface area (Å²) in [5, 5.41) is 9.05. The first-order valence-corrected chi connectivity index (χ1v) is 7.08. The average Bonchev–Trinajstić information content (AvgIpc) is 2.46. The van der Waals surface area contributed by atoms with E-state index in [2.05, 4.69) is 16.8 Å². The van der Waals surface area contributed by atoms with Crippen LogP contribution in [0.1, 0.15) is 0 Å². The van der Waals surface area contributed by atoms with Crippen LogP contribution in [0.15, 0.2) is 30.3 Å². The minimum atomic E-state index is -0.785. The standard InChI is InChI=1S/C15H23N3O2/c1-16-7-9-17(10-8-16)11-12-18(13-15(19)20)14-5-3-2-4-6-14/h2-6H,7-13H2,1H3,(H,19,20). The van der Waals surface area contributed by atoms with Crippen LogP contribution in [0, 0.1) is 0 Å². The molecule has 0 saturated carbocycles. The second-order valence-corrected chi connectivity index (χ2v) is 5.30. The number of rotatable bonds is 6. The van der Waals surface area contributed by atoms with Gasteiger partial charge in [-0.3, -0.25) is 9.69 Å². The number of piperazine rings is 1. The van der Waals surface area contributed by atoms with E-state index < -0.39 is 5.97 Å². The molecule has 0 aliphatic carbocycles. The zero-order valence-electron chi connectivity index (χ0n) is 12.0. The topological polar surface area (TPSA) is 47.0 Å². The van der Waals surface area contributed by atoms with Gasteiger partial charge in [0.05, 0.1) is 0 Å². The Bertz CT molecular complexity index is 416. The second kappa shape index (κ2) is 7.26. The monoisotopic (exact) mass is 277 g/mol. The number of benzene rings is 1. The third-order valence-corrected chi connectivity index (χ3v) is 3.73. The van der Waals surface area contributed by atoms with Crippen molar-refractivity contribution in [1.82, 2.24) is 9.80 Å². The van der Waals surface area contributed by atoms with E-state index in [0.717, 1.165) is 45.0 Å². The molecule has 0 aromatic heterocycles. The number of likely N-dealkylation sites (N-methyl/N-ethyl adjacent to an activating group) is 1. The Hall–Kier alpha value is -1.59.